The third-order valence-electron chi connectivity index (χ3n) is 7.53. The summed E-state index contributed by atoms with van der Waals surface area (Å²) < 4.78 is 64.2. The molecule has 0 atom stereocenters. The van der Waals surface area contributed by atoms with E-state index < -0.39 is 20.0 Å². The van der Waals surface area contributed by atoms with Gasteiger partial charge in [-0.05, 0) is 61.4 Å². The van der Waals surface area contributed by atoms with Gasteiger partial charge in [0.1, 0.15) is 12.4 Å². The molecule has 2 aliphatic rings. The summed E-state index contributed by atoms with van der Waals surface area (Å²) in [4.78, 5) is 0.423. The van der Waals surface area contributed by atoms with Crippen molar-refractivity contribution in [2.45, 2.75) is 36.8 Å². The molecule has 0 saturated carbocycles. The van der Waals surface area contributed by atoms with E-state index in [0.717, 1.165) is 22.3 Å². The van der Waals surface area contributed by atoms with Crippen LogP contribution < -0.4 is 9.04 Å². The molecular weight excluding hydrogens is 556 g/mol. The van der Waals surface area contributed by atoms with Crippen molar-refractivity contribution in [2.24, 2.45) is 0 Å². The van der Waals surface area contributed by atoms with Crippen LogP contribution in [0.4, 0.5) is 5.69 Å². The number of rotatable bonds is 7. The van der Waals surface area contributed by atoms with E-state index in [0.29, 0.717) is 29.2 Å². The van der Waals surface area contributed by atoms with Crippen molar-refractivity contribution in [1.82, 2.24) is 4.31 Å². The minimum absolute atomic E-state index is 0.0436. The molecule has 0 aliphatic carbocycles. The smallest absolute Gasteiger partial charge is 0.264 e. The molecular formula is C32H30N2O5S2. The van der Waals surface area contributed by atoms with E-state index in [4.69, 9.17) is 4.74 Å². The number of nitrogens with zero attached hydrogens (tertiary/aromatic N) is 2. The third kappa shape index (κ3) is 5.05. The summed E-state index contributed by atoms with van der Waals surface area (Å²) in [6.07, 6.45) is 1.83. The summed E-state index contributed by atoms with van der Waals surface area (Å²) in [5, 5.41) is 0. The predicted octanol–water partition coefficient (Wildman–Crippen LogP) is 5.68. The third-order valence-corrected chi connectivity index (χ3v) is 11.1. The number of anilines is 1. The second kappa shape index (κ2) is 10.5. The van der Waals surface area contributed by atoms with E-state index in [9.17, 15) is 16.8 Å². The van der Waals surface area contributed by atoms with Gasteiger partial charge in [0.25, 0.3) is 10.0 Å². The molecule has 4 aromatic carbocycles. The van der Waals surface area contributed by atoms with Gasteiger partial charge in [0.2, 0.25) is 10.0 Å². The predicted molar refractivity (Wildman–Crippen MR) is 160 cm³/mol. The first-order valence-corrected chi connectivity index (χ1v) is 16.2. The van der Waals surface area contributed by atoms with Crippen LogP contribution in [0.15, 0.2) is 107 Å². The summed E-state index contributed by atoms with van der Waals surface area (Å²) in [5.74, 6) is 0.527. The number of hydrogen-bond acceptors (Lipinski definition) is 5. The lowest BCUT2D eigenvalue weighted by atomic mass is 10.0. The summed E-state index contributed by atoms with van der Waals surface area (Å²) in [6.45, 7) is 4.38. The van der Waals surface area contributed by atoms with Crippen LogP contribution in [0.3, 0.4) is 0 Å². The van der Waals surface area contributed by atoms with Crippen molar-refractivity contribution < 1.29 is 21.6 Å². The molecule has 0 spiro atoms. The number of sulfonamides is 2. The van der Waals surface area contributed by atoms with E-state index >= 15 is 0 Å². The highest BCUT2D eigenvalue weighted by Crippen LogP contribution is 2.46. The molecule has 0 radical (unpaired) electrons. The van der Waals surface area contributed by atoms with Gasteiger partial charge < -0.3 is 4.74 Å². The summed E-state index contributed by atoms with van der Waals surface area (Å²) >= 11 is 0. The van der Waals surface area contributed by atoms with Gasteiger partial charge in [-0.3, -0.25) is 4.31 Å². The minimum Gasteiger partial charge on any atom is -0.489 e. The van der Waals surface area contributed by atoms with Crippen molar-refractivity contribution in [3.8, 4) is 5.75 Å². The Morgan fingerprint density at radius 2 is 1.32 bits per heavy atom. The summed E-state index contributed by atoms with van der Waals surface area (Å²) in [6, 6.07) is 26.8. The Labute approximate surface area is 241 Å². The molecule has 0 fully saturated rings. The summed E-state index contributed by atoms with van der Waals surface area (Å²) in [7, 11) is -7.68. The molecule has 0 unspecified atom stereocenters. The largest absolute Gasteiger partial charge is 0.489 e. The Bertz CT molecular complexity index is 1850. The van der Waals surface area contributed by atoms with Crippen molar-refractivity contribution in [3.63, 3.8) is 0 Å². The normalized spacial score (nSPS) is 15.3. The maximum Gasteiger partial charge on any atom is 0.264 e. The van der Waals surface area contributed by atoms with E-state index in [1.54, 1.807) is 60.7 Å². The first kappa shape index (κ1) is 27.3. The maximum absolute atomic E-state index is 13.8. The fourth-order valence-corrected chi connectivity index (χ4v) is 8.05. The van der Waals surface area contributed by atoms with Crippen LogP contribution in [-0.4, -0.2) is 34.2 Å². The highest BCUT2D eigenvalue weighted by atomic mass is 32.2. The molecule has 0 saturated heterocycles. The van der Waals surface area contributed by atoms with Crippen molar-refractivity contribution in [3.05, 3.63) is 125 Å². The molecule has 6 rings (SSSR count). The average Bonchev–Trinajstić information content (AvgIpc) is 3.23. The average molecular weight is 587 g/mol. The van der Waals surface area contributed by atoms with Gasteiger partial charge in [-0.2, -0.15) is 4.31 Å². The van der Waals surface area contributed by atoms with Crippen molar-refractivity contribution in [1.29, 1.82) is 0 Å². The van der Waals surface area contributed by atoms with E-state index in [1.807, 2.05) is 50.3 Å². The van der Waals surface area contributed by atoms with Crippen LogP contribution in [0.5, 0.6) is 5.75 Å². The number of aryl methyl sites for hydroxylation is 2. The quantitative estimate of drug-likeness (QED) is 0.278. The molecule has 0 N–H and O–H groups in total. The highest BCUT2D eigenvalue weighted by molar-refractivity contribution is 7.93. The first-order valence-electron chi connectivity index (χ1n) is 13.3. The summed E-state index contributed by atoms with van der Waals surface area (Å²) in [5.41, 5.74) is 5.56. The molecule has 0 amide bonds. The lowest BCUT2D eigenvalue weighted by Crippen LogP contribution is -2.32. The second-order valence-electron chi connectivity index (χ2n) is 10.4. The van der Waals surface area contributed by atoms with Gasteiger partial charge in [0.15, 0.2) is 0 Å². The van der Waals surface area contributed by atoms with E-state index in [1.165, 1.54) is 8.61 Å². The van der Waals surface area contributed by atoms with Crippen LogP contribution in [0.25, 0.3) is 5.57 Å². The number of benzene rings is 4. The van der Waals surface area contributed by atoms with E-state index in [-0.39, 0.29) is 29.4 Å². The fraction of sp³-hybridized carbons (Fsp3) is 0.188. The Morgan fingerprint density at radius 1 is 0.707 bits per heavy atom. The van der Waals surface area contributed by atoms with Crippen LogP contribution in [0, 0.1) is 13.8 Å². The van der Waals surface area contributed by atoms with Gasteiger partial charge >= 0.3 is 0 Å². The zero-order valence-corrected chi connectivity index (χ0v) is 24.5. The van der Waals surface area contributed by atoms with Crippen LogP contribution >= 0.6 is 0 Å². The zero-order valence-electron chi connectivity index (χ0n) is 22.8. The van der Waals surface area contributed by atoms with Gasteiger partial charge in [-0.15, -0.1) is 0 Å². The Morgan fingerprint density at radius 3 is 1.95 bits per heavy atom. The molecule has 0 bridgehead atoms. The van der Waals surface area contributed by atoms with Gasteiger partial charge in [0.05, 0.1) is 22.0 Å². The van der Waals surface area contributed by atoms with Crippen molar-refractivity contribution >= 4 is 31.3 Å². The minimum atomic E-state index is -3.85. The molecule has 0 aromatic heterocycles. The Balaban J connectivity index is 1.44. The fourth-order valence-electron chi connectivity index (χ4n) is 5.24. The van der Waals surface area contributed by atoms with Gasteiger partial charge in [-0.25, -0.2) is 16.8 Å². The van der Waals surface area contributed by atoms with Crippen LogP contribution in [0.2, 0.25) is 0 Å². The lowest BCUT2D eigenvalue weighted by Gasteiger charge is -2.24. The van der Waals surface area contributed by atoms with E-state index in [2.05, 4.69) is 0 Å². The van der Waals surface area contributed by atoms with Crippen LogP contribution in [-0.2, 0) is 33.2 Å². The molecule has 9 heteroatoms. The van der Waals surface area contributed by atoms with Gasteiger partial charge in [0, 0.05) is 24.2 Å². The molecule has 2 aliphatic heterocycles. The molecule has 2 heterocycles. The Hall–Kier alpha value is -3.92. The monoisotopic (exact) mass is 586 g/mol. The maximum atomic E-state index is 13.8. The molecule has 210 valence electrons. The standard InChI is InChI=1S/C32H30N2O5S2/c1-23-8-12-27(13-9-23)40(35,36)33-19-18-26-20-34(41(37,38)28-14-10-24(2)11-15-28)30-16-17-31(29(21-33)32(26)30)39-22-25-6-4-3-5-7-25/h3-18H,19-22H2,1-2H3. The zero-order chi connectivity index (χ0) is 28.8. The van der Waals surface area contributed by atoms with Gasteiger partial charge in [-0.1, -0.05) is 71.8 Å². The Kier molecular flexibility index (Phi) is 6.97. The molecule has 4 aromatic rings. The second-order valence-corrected chi connectivity index (χ2v) is 14.2. The number of ether oxygens (including phenoxy) is 1. The number of hydrogen-bond donors (Lipinski definition) is 0. The van der Waals surface area contributed by atoms with Crippen molar-refractivity contribution in [2.75, 3.05) is 17.4 Å². The lowest BCUT2D eigenvalue weighted by molar-refractivity contribution is 0.299. The molecule has 41 heavy (non-hydrogen) atoms. The topological polar surface area (TPSA) is 84.0 Å². The SMILES string of the molecule is Cc1ccc(S(=O)(=O)N2CC=C3CN(S(=O)(=O)c4ccc(C)cc4)c4ccc(OCc5ccccc5)c(c43)C2)cc1. The van der Waals surface area contributed by atoms with Crippen LogP contribution in [0.1, 0.15) is 27.8 Å². The molecule has 7 nitrogen and oxygen atoms in total. The highest BCUT2D eigenvalue weighted by Gasteiger charge is 2.39. The first-order chi connectivity index (χ1) is 19.6.